The predicted molar refractivity (Wildman–Crippen MR) is 139 cm³/mol. The Bertz CT molecular complexity index is 909. The lowest BCUT2D eigenvalue weighted by molar-refractivity contribution is -0.323. The van der Waals surface area contributed by atoms with Crippen molar-refractivity contribution in [2.75, 3.05) is 0 Å². The average molecular weight is 503 g/mol. The Morgan fingerprint density at radius 1 is 0.944 bits per heavy atom. The molecule has 2 heterocycles. The van der Waals surface area contributed by atoms with E-state index >= 15 is 0 Å². The molecule has 0 bridgehead atoms. The third-order valence-corrected chi connectivity index (χ3v) is 7.08. The second-order valence-electron chi connectivity index (χ2n) is 10.4. The first-order valence-electron chi connectivity index (χ1n) is 12.8. The van der Waals surface area contributed by atoms with Crippen molar-refractivity contribution in [2.45, 2.75) is 90.8 Å². The molecule has 0 aromatic rings. The first-order valence-corrected chi connectivity index (χ1v) is 12.8. The molecule has 0 aromatic carbocycles. The van der Waals surface area contributed by atoms with E-state index < -0.39 is 23.8 Å². The van der Waals surface area contributed by atoms with Crippen molar-refractivity contribution >= 4 is 11.9 Å². The number of rotatable bonds is 10. The van der Waals surface area contributed by atoms with Crippen LogP contribution in [-0.2, 0) is 19.1 Å². The molecule has 0 aliphatic carbocycles. The van der Waals surface area contributed by atoms with Crippen LogP contribution in [0.3, 0.4) is 0 Å². The van der Waals surface area contributed by atoms with Crippen molar-refractivity contribution in [3.05, 3.63) is 59.8 Å². The molecular weight excluding hydrogens is 460 g/mol. The summed E-state index contributed by atoms with van der Waals surface area (Å²) >= 11 is 0. The lowest BCUT2D eigenvalue weighted by Crippen LogP contribution is -2.51. The molecule has 2 aliphatic rings. The molecule has 36 heavy (non-hydrogen) atoms. The largest absolute Gasteiger partial charge is 0.478 e. The van der Waals surface area contributed by atoms with E-state index in [0.717, 1.165) is 43.8 Å². The van der Waals surface area contributed by atoms with Crippen molar-refractivity contribution in [2.24, 2.45) is 17.8 Å². The third-order valence-electron chi connectivity index (χ3n) is 7.08. The van der Waals surface area contributed by atoms with Crippen molar-refractivity contribution in [1.29, 1.82) is 0 Å². The van der Waals surface area contributed by atoms with Gasteiger partial charge in [-0.1, -0.05) is 62.8 Å². The number of allylic oxidation sites excluding steroid dienone is 4. The lowest BCUT2D eigenvalue weighted by Gasteiger charge is -2.49. The minimum atomic E-state index is -1.03. The van der Waals surface area contributed by atoms with E-state index in [1.807, 2.05) is 25.2 Å². The lowest BCUT2D eigenvalue weighted by atomic mass is 9.83. The van der Waals surface area contributed by atoms with Crippen molar-refractivity contribution in [3.8, 4) is 0 Å². The molecular formula is C29H42O7. The van der Waals surface area contributed by atoms with Gasteiger partial charge in [0.15, 0.2) is 5.79 Å². The van der Waals surface area contributed by atoms with Crippen LogP contribution in [0.25, 0.3) is 0 Å². The van der Waals surface area contributed by atoms with Crippen LogP contribution in [0.2, 0.25) is 0 Å². The van der Waals surface area contributed by atoms with Gasteiger partial charge in [-0.25, -0.2) is 9.59 Å². The van der Waals surface area contributed by atoms with E-state index in [4.69, 9.17) is 19.7 Å². The second-order valence-corrected chi connectivity index (χ2v) is 10.4. The number of aliphatic carboxylic acids is 2. The fourth-order valence-electron chi connectivity index (χ4n) is 4.53. The van der Waals surface area contributed by atoms with Crippen LogP contribution < -0.4 is 0 Å². The van der Waals surface area contributed by atoms with Crippen LogP contribution in [0.1, 0.15) is 66.7 Å². The summed E-state index contributed by atoms with van der Waals surface area (Å²) in [6.07, 6.45) is 16.6. The van der Waals surface area contributed by atoms with Crippen molar-refractivity contribution in [3.63, 3.8) is 0 Å². The molecule has 2 fully saturated rings. The molecule has 200 valence electrons. The summed E-state index contributed by atoms with van der Waals surface area (Å²) in [6, 6.07) is 0. The van der Waals surface area contributed by atoms with Gasteiger partial charge in [0.05, 0.1) is 18.3 Å². The summed E-state index contributed by atoms with van der Waals surface area (Å²) in [7, 11) is 0. The van der Waals surface area contributed by atoms with Gasteiger partial charge < -0.3 is 24.8 Å². The standard InChI is InChI=1S/C29H42O7/c1-19(6-10-24(30)21(3)9-13-27(31)32)7-11-25-22(4)14-16-29(35-25)17-15-23(5)26(36-29)12-8-20(2)18-28(33)34/h6-10,12-13,18,21-26,30H,11,14-17H2,1-5H3,(H,31,32)(H,33,34)/b10-6+,12-8+,13-9+,19-7+,20-18+/t21?,22-,23+,24?,25+,26+,29+/m1/s1. The number of carboxylic acid groups (broad SMARTS) is 2. The van der Waals surface area contributed by atoms with E-state index in [9.17, 15) is 14.7 Å². The number of carbonyl (C=O) groups is 2. The molecule has 0 amide bonds. The number of hydrogen-bond acceptors (Lipinski definition) is 5. The Labute approximate surface area is 214 Å². The Kier molecular flexibility index (Phi) is 11.3. The van der Waals surface area contributed by atoms with E-state index in [-0.39, 0.29) is 18.1 Å². The summed E-state index contributed by atoms with van der Waals surface area (Å²) in [5.74, 6) is -2.22. The van der Waals surface area contributed by atoms with Gasteiger partial charge in [0.2, 0.25) is 0 Å². The summed E-state index contributed by atoms with van der Waals surface area (Å²) in [4.78, 5) is 21.5. The molecule has 0 radical (unpaired) electrons. The zero-order chi connectivity index (χ0) is 26.9. The van der Waals surface area contributed by atoms with Gasteiger partial charge >= 0.3 is 11.9 Å². The quantitative estimate of drug-likeness (QED) is 0.270. The van der Waals surface area contributed by atoms with Crippen LogP contribution in [0.4, 0.5) is 0 Å². The highest BCUT2D eigenvalue weighted by Gasteiger charge is 2.45. The smallest absolute Gasteiger partial charge is 0.328 e. The van der Waals surface area contributed by atoms with E-state index in [2.05, 4.69) is 19.9 Å². The molecule has 0 saturated carbocycles. The first-order chi connectivity index (χ1) is 16.9. The van der Waals surface area contributed by atoms with E-state index in [1.54, 1.807) is 19.9 Å². The minimum absolute atomic E-state index is 0.0103. The van der Waals surface area contributed by atoms with E-state index in [0.29, 0.717) is 17.4 Å². The summed E-state index contributed by atoms with van der Waals surface area (Å²) < 4.78 is 13.1. The molecule has 7 heteroatoms. The third kappa shape index (κ3) is 9.52. The molecule has 7 atom stereocenters. The van der Waals surface area contributed by atoms with Crippen molar-refractivity contribution in [1.82, 2.24) is 0 Å². The molecule has 0 aromatic heterocycles. The number of aliphatic hydroxyl groups excluding tert-OH is 1. The summed E-state index contributed by atoms with van der Waals surface area (Å²) in [5, 5.41) is 27.9. The van der Waals surface area contributed by atoms with Crippen LogP contribution in [-0.4, -0.2) is 51.4 Å². The van der Waals surface area contributed by atoms with Crippen LogP contribution >= 0.6 is 0 Å². The Balaban J connectivity index is 2.01. The number of hydrogen-bond donors (Lipinski definition) is 3. The highest BCUT2D eigenvalue weighted by Crippen LogP contribution is 2.43. The SMILES string of the molecule is CC(/C=C/C(O)C(C)/C=C/C(=O)O)=C\C[C@@H]1O[C@]2(CC[C@H]1C)CC[C@H](C)[C@H](/C=C/C(C)=C/C(=O)O)O2. The molecule has 2 saturated heterocycles. The topological polar surface area (TPSA) is 113 Å². The highest BCUT2D eigenvalue weighted by atomic mass is 16.7. The minimum Gasteiger partial charge on any atom is -0.478 e. The summed E-state index contributed by atoms with van der Waals surface area (Å²) in [6.45, 7) is 9.84. The molecule has 3 N–H and O–H groups in total. The monoisotopic (exact) mass is 502 g/mol. The average Bonchev–Trinajstić information content (AvgIpc) is 2.81. The van der Waals surface area contributed by atoms with Gasteiger partial charge in [0.25, 0.3) is 0 Å². The van der Waals surface area contributed by atoms with Crippen LogP contribution in [0, 0.1) is 17.8 Å². The number of aliphatic hydroxyl groups is 1. The maximum Gasteiger partial charge on any atom is 0.328 e. The fraction of sp³-hybridized carbons (Fsp3) is 0.586. The van der Waals surface area contributed by atoms with Gasteiger partial charge in [-0.15, -0.1) is 0 Å². The fourth-order valence-corrected chi connectivity index (χ4v) is 4.53. The van der Waals surface area contributed by atoms with Crippen molar-refractivity contribution < 1.29 is 34.4 Å². The van der Waals surface area contributed by atoms with Crippen LogP contribution in [0.15, 0.2) is 59.8 Å². The van der Waals surface area contributed by atoms with Gasteiger partial charge in [-0.3, -0.25) is 0 Å². The van der Waals surface area contributed by atoms with Gasteiger partial charge in [-0.2, -0.15) is 0 Å². The van der Waals surface area contributed by atoms with E-state index in [1.165, 1.54) is 12.2 Å². The molecule has 1 spiro atoms. The maximum atomic E-state index is 10.9. The second kappa shape index (κ2) is 13.7. The normalized spacial score (nSPS) is 31.9. The zero-order valence-electron chi connectivity index (χ0n) is 22.1. The molecule has 2 aliphatic heterocycles. The molecule has 2 unspecified atom stereocenters. The number of carboxylic acids is 2. The Morgan fingerprint density at radius 3 is 2.25 bits per heavy atom. The summed E-state index contributed by atoms with van der Waals surface area (Å²) in [5.41, 5.74) is 1.67. The maximum absolute atomic E-state index is 10.9. The molecule has 7 nitrogen and oxygen atoms in total. The zero-order valence-corrected chi connectivity index (χ0v) is 22.1. The number of ether oxygens (including phenoxy) is 2. The van der Waals surface area contributed by atoms with Gasteiger partial charge in [0.1, 0.15) is 0 Å². The van der Waals surface area contributed by atoms with Gasteiger partial charge in [-0.05, 0) is 50.5 Å². The first kappa shape index (κ1) is 29.7. The van der Waals surface area contributed by atoms with Crippen LogP contribution in [0.5, 0.6) is 0 Å². The highest BCUT2D eigenvalue weighted by molar-refractivity contribution is 5.81. The molecule has 2 rings (SSSR count). The van der Waals surface area contributed by atoms with Gasteiger partial charge in [0, 0.05) is 30.9 Å². The predicted octanol–water partition coefficient (Wildman–Crippen LogP) is 5.43. The Hall–Kier alpha value is -2.48. The Morgan fingerprint density at radius 2 is 1.61 bits per heavy atom.